The molecule has 132 valence electrons. The molecule has 0 aliphatic rings. The first-order valence-electron chi connectivity index (χ1n) is 8.72. The van der Waals surface area contributed by atoms with E-state index >= 15 is 0 Å². The van der Waals surface area contributed by atoms with Gasteiger partial charge in [0.1, 0.15) is 22.7 Å². The molecule has 0 bridgehead atoms. The van der Waals surface area contributed by atoms with E-state index in [4.69, 9.17) is 13.3 Å². The molecule has 0 aliphatic carbocycles. The molecule has 0 radical (unpaired) electrons. The molecule has 2 aromatic carbocycles. The van der Waals surface area contributed by atoms with Crippen molar-refractivity contribution in [1.82, 2.24) is 0 Å². The molecule has 5 rings (SSSR count). The van der Waals surface area contributed by atoms with Crippen molar-refractivity contribution in [2.24, 2.45) is 0 Å². The lowest BCUT2D eigenvalue weighted by molar-refractivity contribution is 0.559. The Morgan fingerprint density at radius 1 is 0.778 bits per heavy atom. The second kappa shape index (κ2) is 5.74. The predicted molar refractivity (Wildman–Crippen MR) is 105 cm³/mol. The van der Waals surface area contributed by atoms with Crippen LogP contribution in [0.15, 0.2) is 78.9 Å². The minimum Gasteiger partial charge on any atom is -0.464 e. The van der Waals surface area contributed by atoms with Crippen molar-refractivity contribution in [3.63, 3.8) is 0 Å². The maximum absolute atomic E-state index is 12.2. The fraction of sp³-hybridized carbons (Fsp3) is 0.0870. The monoisotopic (exact) mass is 356 g/mol. The summed E-state index contributed by atoms with van der Waals surface area (Å²) in [6.07, 6.45) is 1.63. The van der Waals surface area contributed by atoms with E-state index in [2.05, 4.69) is 6.07 Å². The molecule has 27 heavy (non-hydrogen) atoms. The smallest absolute Gasteiger partial charge is 0.336 e. The van der Waals surface area contributed by atoms with Crippen LogP contribution in [0.3, 0.4) is 0 Å². The molecule has 0 amide bonds. The highest BCUT2D eigenvalue weighted by molar-refractivity contribution is 6.05. The zero-order chi connectivity index (χ0) is 18.5. The molecule has 0 N–H and O–H groups in total. The summed E-state index contributed by atoms with van der Waals surface area (Å²) in [6, 6.07) is 17.0. The van der Waals surface area contributed by atoms with Gasteiger partial charge >= 0.3 is 5.63 Å². The van der Waals surface area contributed by atoms with Gasteiger partial charge in [-0.2, -0.15) is 0 Å². The Labute approximate surface area is 154 Å². The van der Waals surface area contributed by atoms with Gasteiger partial charge in [0, 0.05) is 22.4 Å². The highest BCUT2D eigenvalue weighted by atomic mass is 16.4. The van der Waals surface area contributed by atoms with Gasteiger partial charge < -0.3 is 13.3 Å². The summed E-state index contributed by atoms with van der Waals surface area (Å²) in [5, 5.41) is 1.78. The minimum atomic E-state index is -0.414. The van der Waals surface area contributed by atoms with E-state index < -0.39 is 5.63 Å². The van der Waals surface area contributed by atoms with Gasteiger partial charge in [-0.1, -0.05) is 23.3 Å². The molecule has 0 unspecified atom stereocenters. The highest BCUT2D eigenvalue weighted by Crippen LogP contribution is 2.43. The molecule has 0 fully saturated rings. The van der Waals surface area contributed by atoms with Gasteiger partial charge in [-0.3, -0.25) is 0 Å². The Morgan fingerprint density at radius 2 is 1.48 bits per heavy atom. The summed E-state index contributed by atoms with van der Waals surface area (Å²) in [5.41, 5.74) is 4.60. The fourth-order valence-electron chi connectivity index (χ4n) is 3.53. The average molecular weight is 356 g/mol. The Bertz CT molecular complexity index is 1350. The molecular weight excluding hydrogens is 340 g/mol. The van der Waals surface area contributed by atoms with Crippen molar-refractivity contribution in [2.45, 2.75) is 13.8 Å². The second-order valence-electron chi connectivity index (χ2n) is 6.76. The number of benzene rings is 2. The zero-order valence-electron chi connectivity index (χ0n) is 14.9. The highest BCUT2D eigenvalue weighted by Gasteiger charge is 2.22. The van der Waals surface area contributed by atoms with Crippen molar-refractivity contribution in [1.29, 1.82) is 0 Å². The Hall–Kier alpha value is -3.53. The number of hydrogen-bond donors (Lipinski definition) is 0. The molecular formula is C23H16O4. The molecule has 5 aromatic rings. The maximum Gasteiger partial charge on any atom is 0.336 e. The number of furan rings is 2. The van der Waals surface area contributed by atoms with Crippen LogP contribution in [0.2, 0.25) is 0 Å². The third-order valence-electron chi connectivity index (χ3n) is 4.75. The molecule has 0 spiro atoms. The molecule has 3 heterocycles. The van der Waals surface area contributed by atoms with Crippen LogP contribution >= 0.6 is 0 Å². The number of rotatable bonds is 2. The summed E-state index contributed by atoms with van der Waals surface area (Å²) in [4.78, 5) is 12.2. The predicted octanol–water partition coefficient (Wildman–Crippen LogP) is 6.08. The number of fused-ring (bicyclic) bond motifs is 2. The number of hydrogen-bond acceptors (Lipinski definition) is 4. The SMILES string of the molecule is Cc1ccc2oc(=O)cc(-c3oc4ccc(C)cc4c3-c3ccco3)c2c1. The third-order valence-corrected chi connectivity index (χ3v) is 4.75. The maximum atomic E-state index is 12.2. The standard InChI is InChI=1S/C23H16O4/c1-13-5-7-18-15(10-13)16(12-21(24)26-18)23-22(20-4-3-9-25-20)17-11-14(2)6-8-19(17)27-23/h3-12H,1-2H3. The number of aryl methyl sites for hydroxylation is 2. The lowest BCUT2D eigenvalue weighted by Crippen LogP contribution is -1.98. The minimum absolute atomic E-state index is 0.414. The summed E-state index contributed by atoms with van der Waals surface area (Å²) in [5.74, 6) is 1.30. The van der Waals surface area contributed by atoms with E-state index in [-0.39, 0.29) is 0 Å². The molecule has 4 heteroatoms. The van der Waals surface area contributed by atoms with Gasteiger partial charge in [-0.25, -0.2) is 4.79 Å². The Kier molecular flexibility index (Phi) is 3.34. The third kappa shape index (κ3) is 2.49. The van der Waals surface area contributed by atoms with Crippen LogP contribution < -0.4 is 5.63 Å². The first-order chi connectivity index (χ1) is 13.1. The van der Waals surface area contributed by atoms with Gasteiger partial charge in [0.2, 0.25) is 0 Å². The quantitative estimate of drug-likeness (QED) is 0.360. The van der Waals surface area contributed by atoms with E-state index in [9.17, 15) is 4.79 Å². The lowest BCUT2D eigenvalue weighted by atomic mass is 9.99. The fourth-order valence-corrected chi connectivity index (χ4v) is 3.53. The van der Waals surface area contributed by atoms with E-state index in [0.717, 1.165) is 33.0 Å². The summed E-state index contributed by atoms with van der Waals surface area (Å²) >= 11 is 0. The summed E-state index contributed by atoms with van der Waals surface area (Å²) < 4.78 is 17.3. The van der Waals surface area contributed by atoms with E-state index in [1.807, 2.05) is 56.3 Å². The van der Waals surface area contributed by atoms with Crippen LogP contribution in [0.25, 0.3) is 44.6 Å². The van der Waals surface area contributed by atoms with E-state index in [0.29, 0.717) is 22.7 Å². The molecule has 4 nitrogen and oxygen atoms in total. The van der Waals surface area contributed by atoms with Crippen molar-refractivity contribution in [3.05, 3.63) is 82.4 Å². The van der Waals surface area contributed by atoms with Crippen molar-refractivity contribution in [3.8, 4) is 22.6 Å². The average Bonchev–Trinajstić information content (AvgIpc) is 3.28. The molecule has 0 aliphatic heterocycles. The van der Waals surface area contributed by atoms with E-state index in [1.165, 1.54) is 6.07 Å². The van der Waals surface area contributed by atoms with Gasteiger partial charge in [0.25, 0.3) is 0 Å². The lowest BCUT2D eigenvalue weighted by Gasteiger charge is -2.06. The molecule has 0 saturated heterocycles. The van der Waals surface area contributed by atoms with Crippen LogP contribution in [0.5, 0.6) is 0 Å². The van der Waals surface area contributed by atoms with Gasteiger partial charge in [-0.15, -0.1) is 0 Å². The van der Waals surface area contributed by atoms with Gasteiger partial charge in [0.15, 0.2) is 0 Å². The van der Waals surface area contributed by atoms with Crippen LogP contribution in [0.1, 0.15) is 11.1 Å². The summed E-state index contributed by atoms with van der Waals surface area (Å²) in [6.45, 7) is 4.04. The topological polar surface area (TPSA) is 56.5 Å². The van der Waals surface area contributed by atoms with Crippen LogP contribution in [-0.4, -0.2) is 0 Å². The first-order valence-corrected chi connectivity index (χ1v) is 8.72. The second-order valence-corrected chi connectivity index (χ2v) is 6.76. The van der Waals surface area contributed by atoms with Crippen LogP contribution in [0.4, 0.5) is 0 Å². The van der Waals surface area contributed by atoms with Crippen molar-refractivity contribution in [2.75, 3.05) is 0 Å². The normalized spacial score (nSPS) is 11.5. The van der Waals surface area contributed by atoms with Gasteiger partial charge in [-0.05, 0) is 50.2 Å². The Morgan fingerprint density at radius 3 is 2.19 bits per heavy atom. The first kappa shape index (κ1) is 15.7. The van der Waals surface area contributed by atoms with E-state index in [1.54, 1.807) is 6.26 Å². The van der Waals surface area contributed by atoms with Crippen molar-refractivity contribution >= 4 is 21.9 Å². The zero-order valence-corrected chi connectivity index (χ0v) is 14.9. The molecule has 0 saturated carbocycles. The van der Waals surface area contributed by atoms with Crippen LogP contribution in [-0.2, 0) is 0 Å². The molecule has 3 aromatic heterocycles. The largest absolute Gasteiger partial charge is 0.464 e. The van der Waals surface area contributed by atoms with Crippen LogP contribution in [0, 0.1) is 13.8 Å². The Balaban J connectivity index is 1.95. The summed E-state index contributed by atoms with van der Waals surface area (Å²) in [7, 11) is 0. The van der Waals surface area contributed by atoms with Crippen molar-refractivity contribution < 1.29 is 13.3 Å². The molecule has 0 atom stereocenters. The van der Waals surface area contributed by atoms with Gasteiger partial charge in [0.05, 0.1) is 11.8 Å².